The second-order valence-electron chi connectivity index (χ2n) is 7.35. The number of amides is 1. The maximum atomic E-state index is 13.2. The minimum Gasteiger partial charge on any atom is -0.348 e. The smallest absolute Gasteiger partial charge is 0.348 e. The Morgan fingerprint density at radius 3 is 2.38 bits per heavy atom. The molecular weight excluding hydrogens is 459 g/mol. The molecule has 2 aromatic carbocycles. The van der Waals surface area contributed by atoms with Gasteiger partial charge in [0.15, 0.2) is 0 Å². The first-order valence-corrected chi connectivity index (χ1v) is 11.4. The second-order valence-corrected chi connectivity index (χ2v) is 8.12. The highest BCUT2D eigenvalue weighted by Gasteiger charge is 2.32. The number of pyridine rings is 1. The molecule has 0 saturated heterocycles. The number of aryl methyl sites for hydroxylation is 2. The van der Waals surface area contributed by atoms with Gasteiger partial charge < -0.3 is 10.0 Å². The molecule has 0 aliphatic carbocycles. The highest BCUT2D eigenvalue weighted by atomic mass is 32.2. The lowest BCUT2D eigenvalue weighted by atomic mass is 10.0. The molecule has 0 radical (unpaired) electrons. The molecule has 8 heteroatoms. The van der Waals surface area contributed by atoms with Crippen molar-refractivity contribution in [2.75, 3.05) is 4.72 Å². The maximum absolute atomic E-state index is 13.2. The minimum absolute atomic E-state index is 0.295. The zero-order chi connectivity index (χ0) is 24.4. The molecule has 0 unspecified atom stereocenters. The number of rotatable bonds is 10. The minimum atomic E-state index is -4.53. The number of nitrogens with zero attached hydrogens (tertiary/aromatic N) is 1. The van der Waals surface area contributed by atoms with Crippen LogP contribution in [0.15, 0.2) is 84.8 Å². The first-order valence-electron chi connectivity index (χ1n) is 10.5. The lowest BCUT2D eigenvalue weighted by Gasteiger charge is -2.11. The van der Waals surface area contributed by atoms with Crippen LogP contribution in [-0.4, -0.2) is 10.9 Å². The Hall–Kier alpha value is -3.52. The van der Waals surface area contributed by atoms with Gasteiger partial charge in [-0.15, -0.1) is 0 Å². The van der Waals surface area contributed by atoms with E-state index < -0.39 is 11.9 Å². The molecule has 0 aliphatic rings. The Morgan fingerprint density at radius 2 is 1.71 bits per heavy atom. The molecule has 3 aromatic rings. The number of carbonyl (C=O) groups is 1. The van der Waals surface area contributed by atoms with Crippen LogP contribution in [0.5, 0.6) is 0 Å². The largest absolute Gasteiger partial charge is 0.433 e. The van der Waals surface area contributed by atoms with Gasteiger partial charge in [0.25, 0.3) is 0 Å². The van der Waals surface area contributed by atoms with Crippen LogP contribution in [0.3, 0.4) is 0 Å². The molecule has 0 aliphatic heterocycles. The number of aromatic nitrogens is 1. The summed E-state index contributed by atoms with van der Waals surface area (Å²) in [5.74, 6) is -0.349. The second kappa shape index (κ2) is 12.1. The monoisotopic (exact) mass is 483 g/mol. The Morgan fingerprint density at radius 1 is 0.971 bits per heavy atom. The summed E-state index contributed by atoms with van der Waals surface area (Å²) < 4.78 is 42.6. The molecule has 4 nitrogen and oxygen atoms in total. The molecule has 1 heterocycles. The Bertz CT molecular complexity index is 1130. The molecule has 2 N–H and O–H groups in total. The van der Waals surface area contributed by atoms with E-state index in [9.17, 15) is 18.0 Å². The van der Waals surface area contributed by atoms with E-state index in [-0.39, 0.29) is 5.91 Å². The summed E-state index contributed by atoms with van der Waals surface area (Å²) >= 11 is 1.36. The predicted molar refractivity (Wildman–Crippen MR) is 132 cm³/mol. The van der Waals surface area contributed by atoms with E-state index >= 15 is 0 Å². The van der Waals surface area contributed by atoms with Gasteiger partial charge >= 0.3 is 6.18 Å². The Kier molecular flexibility index (Phi) is 8.93. The van der Waals surface area contributed by atoms with Gasteiger partial charge in [0.2, 0.25) is 5.91 Å². The highest BCUT2D eigenvalue weighted by molar-refractivity contribution is 8.03. The van der Waals surface area contributed by atoms with E-state index in [2.05, 4.69) is 21.6 Å². The van der Waals surface area contributed by atoms with Gasteiger partial charge in [-0.05, 0) is 71.2 Å². The van der Waals surface area contributed by atoms with Crippen molar-refractivity contribution in [2.45, 2.75) is 25.6 Å². The summed E-state index contributed by atoms with van der Waals surface area (Å²) in [7, 11) is 0. The number of anilines is 1. The van der Waals surface area contributed by atoms with Crippen molar-refractivity contribution in [3.05, 3.63) is 113 Å². The maximum Gasteiger partial charge on any atom is 0.433 e. The third kappa shape index (κ3) is 7.81. The predicted octanol–water partition coefficient (Wildman–Crippen LogP) is 6.42. The number of nitrogens with one attached hydrogen (secondary N) is 2. The van der Waals surface area contributed by atoms with Gasteiger partial charge in [-0.25, -0.2) is 4.98 Å². The number of carbonyl (C=O) groups excluding carboxylic acids is 1. The topological polar surface area (TPSA) is 54.0 Å². The quantitative estimate of drug-likeness (QED) is 0.258. The van der Waals surface area contributed by atoms with Crippen LogP contribution in [0.4, 0.5) is 18.9 Å². The van der Waals surface area contributed by atoms with Crippen molar-refractivity contribution in [3.8, 4) is 0 Å². The Labute approximate surface area is 201 Å². The van der Waals surface area contributed by atoms with Crippen LogP contribution in [-0.2, 0) is 30.4 Å². The van der Waals surface area contributed by atoms with Gasteiger partial charge in [-0.3, -0.25) is 4.79 Å². The van der Waals surface area contributed by atoms with Crippen molar-refractivity contribution in [3.63, 3.8) is 0 Å². The van der Waals surface area contributed by atoms with E-state index in [1.54, 1.807) is 5.41 Å². The third-order valence-corrected chi connectivity index (χ3v) is 5.41. The van der Waals surface area contributed by atoms with Crippen LogP contribution < -0.4 is 10.0 Å². The molecule has 34 heavy (non-hydrogen) atoms. The van der Waals surface area contributed by atoms with Gasteiger partial charge in [0.05, 0.1) is 0 Å². The normalized spacial score (nSPS) is 11.4. The first-order chi connectivity index (χ1) is 16.3. The number of hydrogen-bond acceptors (Lipinski definition) is 4. The fourth-order valence-electron chi connectivity index (χ4n) is 3.14. The van der Waals surface area contributed by atoms with Gasteiger partial charge in [-0.2, -0.15) is 13.2 Å². The lowest BCUT2D eigenvalue weighted by Crippen LogP contribution is -2.20. The zero-order valence-corrected chi connectivity index (χ0v) is 19.1. The molecule has 176 valence electrons. The number of hydrogen-bond donors (Lipinski definition) is 2. The fourth-order valence-corrected chi connectivity index (χ4v) is 3.50. The van der Waals surface area contributed by atoms with E-state index in [1.807, 2.05) is 54.6 Å². The van der Waals surface area contributed by atoms with Crippen molar-refractivity contribution in [1.29, 1.82) is 0 Å². The van der Waals surface area contributed by atoms with Crippen molar-refractivity contribution in [1.82, 2.24) is 10.3 Å². The zero-order valence-electron chi connectivity index (χ0n) is 18.3. The molecule has 0 fully saturated rings. The molecular formula is C26H24F3N3OS. The van der Waals surface area contributed by atoms with Crippen LogP contribution >= 0.6 is 11.9 Å². The summed E-state index contributed by atoms with van der Waals surface area (Å²) in [5.41, 5.74) is 2.66. The SMILES string of the molecule is C=CSNc1ccc(CNC(=O)/C=C/c2ccc(C(F)(F)F)nc2CCc2ccccc2)cc1. The third-order valence-electron chi connectivity index (χ3n) is 4.89. The number of benzene rings is 2. The number of halogens is 3. The van der Waals surface area contributed by atoms with Crippen LogP contribution in [0.2, 0.25) is 0 Å². The van der Waals surface area contributed by atoms with E-state index in [0.29, 0.717) is 30.6 Å². The van der Waals surface area contributed by atoms with Gasteiger partial charge in [0, 0.05) is 24.0 Å². The van der Waals surface area contributed by atoms with Crippen LogP contribution in [0.1, 0.15) is 28.1 Å². The summed E-state index contributed by atoms with van der Waals surface area (Å²) in [4.78, 5) is 16.1. The molecule has 0 bridgehead atoms. The van der Waals surface area contributed by atoms with E-state index in [4.69, 9.17) is 0 Å². The van der Waals surface area contributed by atoms with Crippen molar-refractivity contribution < 1.29 is 18.0 Å². The first kappa shape index (κ1) is 25.1. The van der Waals surface area contributed by atoms with E-state index in [0.717, 1.165) is 22.9 Å². The van der Waals surface area contributed by atoms with Gasteiger partial charge in [0.1, 0.15) is 5.69 Å². The Balaban J connectivity index is 1.65. The van der Waals surface area contributed by atoms with Crippen LogP contribution in [0, 0.1) is 0 Å². The standard InChI is InChI=1S/C26H24F3N3OS/c1-2-34-32-22-13-8-20(9-14-22)18-30-25(33)17-12-21-11-16-24(26(27,28)29)31-23(21)15-10-19-6-4-3-5-7-19/h2-9,11-14,16-17,32H,1,10,15,18H2,(H,30,33)/b17-12+. The molecule has 1 amide bonds. The molecule has 0 spiro atoms. The summed E-state index contributed by atoms with van der Waals surface area (Å²) in [6.07, 6.45) is -0.857. The summed E-state index contributed by atoms with van der Waals surface area (Å²) in [6, 6.07) is 19.3. The molecule has 3 rings (SSSR count). The highest BCUT2D eigenvalue weighted by Crippen LogP contribution is 2.29. The van der Waals surface area contributed by atoms with Crippen molar-refractivity contribution >= 4 is 29.6 Å². The van der Waals surface area contributed by atoms with Crippen molar-refractivity contribution in [2.24, 2.45) is 0 Å². The van der Waals surface area contributed by atoms with Crippen LogP contribution in [0.25, 0.3) is 6.08 Å². The average Bonchev–Trinajstić information content (AvgIpc) is 2.84. The lowest BCUT2D eigenvalue weighted by molar-refractivity contribution is -0.141. The fraction of sp³-hybridized carbons (Fsp3) is 0.154. The molecule has 1 aromatic heterocycles. The number of alkyl halides is 3. The summed E-state index contributed by atoms with van der Waals surface area (Å²) in [5, 5.41) is 4.46. The average molecular weight is 484 g/mol. The van der Waals surface area contributed by atoms with E-state index in [1.165, 1.54) is 30.2 Å². The summed E-state index contributed by atoms with van der Waals surface area (Å²) in [6.45, 7) is 3.94. The molecule has 0 saturated carbocycles. The van der Waals surface area contributed by atoms with Gasteiger partial charge in [-0.1, -0.05) is 55.1 Å². The molecule has 0 atom stereocenters.